The molecule has 0 saturated carbocycles. The molecule has 3 heterocycles. The van der Waals surface area contributed by atoms with Crippen molar-refractivity contribution in [2.24, 2.45) is 5.92 Å². The smallest absolute Gasteiger partial charge is 0.103 e. The molecule has 2 aromatic rings. The summed E-state index contributed by atoms with van der Waals surface area (Å²) >= 11 is 0. The minimum absolute atomic E-state index is 0.169. The maximum Gasteiger partial charge on any atom is 0.103 e. The monoisotopic (exact) mass is 317 g/mol. The normalized spacial score (nSPS) is 22.5. The van der Waals surface area contributed by atoms with Crippen LogP contribution in [0.25, 0.3) is 0 Å². The second kappa shape index (κ2) is 7.79. The van der Waals surface area contributed by atoms with Crippen LogP contribution >= 0.6 is 0 Å². The first kappa shape index (κ1) is 16.3. The Morgan fingerprint density at radius 2 is 2.35 bits per heavy atom. The molecule has 3 rings (SSSR count). The Balaban J connectivity index is 1.49. The summed E-state index contributed by atoms with van der Waals surface area (Å²) in [5, 5.41) is 8.04. The molecule has 5 nitrogen and oxygen atoms in total. The quantitative estimate of drug-likeness (QED) is 0.812. The minimum atomic E-state index is 0.169. The van der Waals surface area contributed by atoms with E-state index in [0.29, 0.717) is 12.0 Å². The van der Waals surface area contributed by atoms with E-state index in [0.717, 1.165) is 44.7 Å². The van der Waals surface area contributed by atoms with E-state index in [1.807, 2.05) is 23.0 Å². The fraction of sp³-hybridized carbons (Fsp3) is 0.611. The molecule has 1 fully saturated rings. The molecule has 0 aromatic carbocycles. The molecule has 1 aliphatic heterocycles. The van der Waals surface area contributed by atoms with Gasteiger partial charge in [-0.25, -0.2) is 0 Å². The number of rotatable bonds is 8. The molecule has 1 aliphatic rings. The highest BCUT2D eigenvalue weighted by atomic mass is 16.5. The number of ether oxygens (including phenoxy) is 1. The van der Waals surface area contributed by atoms with Crippen molar-refractivity contribution in [1.29, 1.82) is 0 Å². The maximum atomic E-state index is 5.99. The molecule has 0 bridgehead atoms. The summed E-state index contributed by atoms with van der Waals surface area (Å²) in [5.41, 5.74) is 1.21. The average molecular weight is 317 g/mol. The highest BCUT2D eigenvalue weighted by Crippen LogP contribution is 2.34. The molecule has 23 heavy (non-hydrogen) atoms. The summed E-state index contributed by atoms with van der Waals surface area (Å²) in [5.74, 6) is 1.58. The van der Waals surface area contributed by atoms with Crippen molar-refractivity contribution >= 4 is 0 Å². The van der Waals surface area contributed by atoms with Crippen LogP contribution in [-0.4, -0.2) is 29.0 Å². The van der Waals surface area contributed by atoms with E-state index >= 15 is 0 Å². The van der Waals surface area contributed by atoms with E-state index in [-0.39, 0.29) is 6.10 Å². The third kappa shape index (κ3) is 4.03. The zero-order valence-electron chi connectivity index (χ0n) is 14.1. The van der Waals surface area contributed by atoms with Gasteiger partial charge < -0.3 is 14.5 Å². The molecular formula is C18H27N3O2. The molecule has 1 N–H and O–H groups in total. The van der Waals surface area contributed by atoms with Gasteiger partial charge in [0, 0.05) is 44.3 Å². The number of aryl methyl sites for hydroxylation is 2. The third-order valence-electron chi connectivity index (χ3n) is 4.69. The van der Waals surface area contributed by atoms with E-state index in [2.05, 4.69) is 30.3 Å². The van der Waals surface area contributed by atoms with Gasteiger partial charge >= 0.3 is 0 Å². The predicted molar refractivity (Wildman–Crippen MR) is 89.2 cm³/mol. The average Bonchev–Trinajstić information content (AvgIpc) is 3.31. The molecule has 5 heteroatoms. The highest BCUT2D eigenvalue weighted by Gasteiger charge is 2.31. The number of aromatic nitrogens is 2. The molecule has 3 atom stereocenters. The van der Waals surface area contributed by atoms with Crippen LogP contribution in [0.2, 0.25) is 0 Å². The Bertz CT molecular complexity index is 579. The lowest BCUT2D eigenvalue weighted by molar-refractivity contribution is 0.0824. The fourth-order valence-corrected chi connectivity index (χ4v) is 3.29. The number of nitrogens with zero attached hydrogens (tertiary/aromatic N) is 2. The van der Waals surface area contributed by atoms with Crippen LogP contribution in [0.15, 0.2) is 35.1 Å². The van der Waals surface area contributed by atoms with Crippen molar-refractivity contribution in [3.63, 3.8) is 0 Å². The molecular weight excluding hydrogens is 290 g/mol. The van der Waals surface area contributed by atoms with Gasteiger partial charge in [0.1, 0.15) is 11.9 Å². The Hall–Kier alpha value is -1.59. The van der Waals surface area contributed by atoms with Gasteiger partial charge in [0.2, 0.25) is 0 Å². The standard InChI is InChI=1S/C18H27N3O2/c1-3-21-17(8-10-20-21)18-15(9-12-23-18)13-19-14(2)6-7-16-5-4-11-22-16/h4-5,8,10-11,14-15,18-19H,3,6-7,9,12-13H2,1-2H3/t14?,15-,18+/m0/s1. The minimum Gasteiger partial charge on any atom is -0.469 e. The van der Waals surface area contributed by atoms with Crippen LogP contribution < -0.4 is 5.32 Å². The van der Waals surface area contributed by atoms with Gasteiger partial charge in [0.25, 0.3) is 0 Å². The Labute approximate surface area is 138 Å². The number of hydrogen-bond donors (Lipinski definition) is 1. The molecule has 2 aromatic heterocycles. The molecule has 0 spiro atoms. The van der Waals surface area contributed by atoms with Gasteiger partial charge in [0.05, 0.1) is 12.0 Å². The Kier molecular flexibility index (Phi) is 5.51. The van der Waals surface area contributed by atoms with Crippen molar-refractivity contribution in [1.82, 2.24) is 15.1 Å². The molecule has 0 amide bonds. The second-order valence-electron chi connectivity index (χ2n) is 6.34. The van der Waals surface area contributed by atoms with E-state index in [1.165, 1.54) is 5.69 Å². The summed E-state index contributed by atoms with van der Waals surface area (Å²) in [6.45, 7) is 7.08. The van der Waals surface area contributed by atoms with Gasteiger partial charge in [-0.05, 0) is 44.9 Å². The van der Waals surface area contributed by atoms with Gasteiger partial charge in [-0.1, -0.05) is 0 Å². The summed E-state index contributed by atoms with van der Waals surface area (Å²) in [7, 11) is 0. The van der Waals surface area contributed by atoms with Crippen LogP contribution in [0.3, 0.4) is 0 Å². The summed E-state index contributed by atoms with van der Waals surface area (Å²) in [4.78, 5) is 0. The van der Waals surface area contributed by atoms with E-state index in [9.17, 15) is 0 Å². The predicted octanol–water partition coefficient (Wildman–Crippen LogP) is 3.18. The van der Waals surface area contributed by atoms with Gasteiger partial charge in [-0.2, -0.15) is 5.10 Å². The first-order valence-electron chi connectivity index (χ1n) is 8.67. The lowest BCUT2D eigenvalue weighted by atomic mass is 9.98. The van der Waals surface area contributed by atoms with Crippen molar-refractivity contribution in [3.8, 4) is 0 Å². The molecule has 0 radical (unpaired) electrons. The zero-order valence-corrected chi connectivity index (χ0v) is 14.1. The van der Waals surface area contributed by atoms with Crippen molar-refractivity contribution in [2.45, 2.75) is 51.8 Å². The number of furan rings is 1. The molecule has 1 saturated heterocycles. The van der Waals surface area contributed by atoms with E-state index in [4.69, 9.17) is 9.15 Å². The SMILES string of the molecule is CCn1nccc1[C@@H]1OCC[C@H]1CNC(C)CCc1ccco1. The summed E-state index contributed by atoms with van der Waals surface area (Å²) in [6, 6.07) is 6.55. The molecule has 1 unspecified atom stereocenters. The van der Waals surface area contributed by atoms with Crippen LogP contribution in [0.4, 0.5) is 0 Å². The van der Waals surface area contributed by atoms with Crippen molar-refractivity contribution in [3.05, 3.63) is 42.1 Å². The molecule has 0 aliphatic carbocycles. The first-order valence-corrected chi connectivity index (χ1v) is 8.67. The first-order chi connectivity index (χ1) is 11.3. The van der Waals surface area contributed by atoms with Crippen LogP contribution in [0, 0.1) is 5.92 Å². The summed E-state index contributed by atoms with van der Waals surface area (Å²) < 4.78 is 13.4. The van der Waals surface area contributed by atoms with Gasteiger partial charge in [-0.3, -0.25) is 4.68 Å². The maximum absolute atomic E-state index is 5.99. The third-order valence-corrected chi connectivity index (χ3v) is 4.69. The molecule has 126 valence electrons. The van der Waals surface area contributed by atoms with Crippen LogP contribution in [0.5, 0.6) is 0 Å². The fourth-order valence-electron chi connectivity index (χ4n) is 3.29. The lowest BCUT2D eigenvalue weighted by Gasteiger charge is -2.22. The Morgan fingerprint density at radius 3 is 3.13 bits per heavy atom. The van der Waals surface area contributed by atoms with Crippen molar-refractivity contribution < 1.29 is 9.15 Å². The van der Waals surface area contributed by atoms with E-state index < -0.39 is 0 Å². The zero-order chi connectivity index (χ0) is 16.1. The second-order valence-corrected chi connectivity index (χ2v) is 6.34. The van der Waals surface area contributed by atoms with Gasteiger partial charge in [0.15, 0.2) is 0 Å². The van der Waals surface area contributed by atoms with E-state index in [1.54, 1.807) is 6.26 Å². The van der Waals surface area contributed by atoms with Gasteiger partial charge in [-0.15, -0.1) is 0 Å². The van der Waals surface area contributed by atoms with Crippen LogP contribution in [-0.2, 0) is 17.7 Å². The van der Waals surface area contributed by atoms with Crippen LogP contribution in [0.1, 0.15) is 44.2 Å². The topological polar surface area (TPSA) is 52.2 Å². The number of nitrogens with one attached hydrogen (secondary N) is 1. The summed E-state index contributed by atoms with van der Waals surface area (Å²) in [6.07, 6.45) is 6.95. The van der Waals surface area contributed by atoms with Crippen molar-refractivity contribution in [2.75, 3.05) is 13.2 Å². The highest BCUT2D eigenvalue weighted by molar-refractivity contribution is 5.08. The lowest BCUT2D eigenvalue weighted by Crippen LogP contribution is -2.33. The number of hydrogen-bond acceptors (Lipinski definition) is 4. The Morgan fingerprint density at radius 1 is 1.43 bits per heavy atom. The largest absolute Gasteiger partial charge is 0.469 e.